The van der Waals surface area contributed by atoms with Crippen LogP contribution in [0.15, 0.2) is 71.5 Å². The molecule has 1 fully saturated rings. The van der Waals surface area contributed by atoms with Crippen LogP contribution in [0.1, 0.15) is 35.1 Å². The van der Waals surface area contributed by atoms with Gasteiger partial charge < -0.3 is 14.6 Å². The molecule has 4 nitrogen and oxygen atoms in total. The van der Waals surface area contributed by atoms with Crippen molar-refractivity contribution in [2.24, 2.45) is 0 Å². The van der Waals surface area contributed by atoms with Gasteiger partial charge in [-0.25, -0.2) is 4.98 Å². The Morgan fingerprint density at radius 1 is 1.15 bits per heavy atom. The van der Waals surface area contributed by atoms with E-state index in [-0.39, 0.29) is 22.4 Å². The maximum Gasteiger partial charge on any atom is 0.416 e. The normalized spacial score (nSPS) is 14.0. The van der Waals surface area contributed by atoms with E-state index < -0.39 is 17.8 Å². The summed E-state index contributed by atoms with van der Waals surface area (Å²) in [6, 6.07) is 8.29. The highest BCUT2D eigenvalue weighted by molar-refractivity contribution is 7.09. The van der Waals surface area contributed by atoms with Crippen molar-refractivity contribution in [3.63, 3.8) is 0 Å². The van der Waals surface area contributed by atoms with Gasteiger partial charge in [0.05, 0.1) is 15.6 Å². The van der Waals surface area contributed by atoms with Crippen LogP contribution in [0.2, 0.25) is 10.0 Å². The summed E-state index contributed by atoms with van der Waals surface area (Å²) in [7, 11) is 0. The first-order chi connectivity index (χ1) is 16.1. The molecular weight excluding hydrogens is 510 g/mol. The molecule has 1 heterocycles. The molecule has 1 aliphatic rings. The minimum absolute atomic E-state index is 0.0615. The highest BCUT2D eigenvalue weighted by atomic mass is 35.5. The lowest BCUT2D eigenvalue weighted by atomic mass is 10.1. The highest BCUT2D eigenvalue weighted by Crippen LogP contribution is 2.42. The molecule has 0 spiro atoms. The molecule has 1 aromatic heterocycles. The molecule has 10 heteroatoms. The highest BCUT2D eigenvalue weighted by Gasteiger charge is 2.32. The lowest BCUT2D eigenvalue weighted by molar-refractivity contribution is -0.137. The molecule has 2 aromatic carbocycles. The van der Waals surface area contributed by atoms with Crippen molar-refractivity contribution in [1.82, 2.24) is 4.98 Å². The van der Waals surface area contributed by atoms with Gasteiger partial charge in [0.2, 0.25) is 0 Å². The fraction of sp³-hybridized carbons (Fsp3) is 0.208. The van der Waals surface area contributed by atoms with Crippen molar-refractivity contribution >= 4 is 34.5 Å². The van der Waals surface area contributed by atoms with Gasteiger partial charge in [0.25, 0.3) is 0 Å². The van der Waals surface area contributed by atoms with Crippen LogP contribution in [-0.4, -0.2) is 10.1 Å². The molecule has 0 bridgehead atoms. The fourth-order valence-electron chi connectivity index (χ4n) is 3.10. The number of halogens is 5. The predicted molar refractivity (Wildman–Crippen MR) is 125 cm³/mol. The number of allylic oxidation sites excluding steroid dienone is 1. The Morgan fingerprint density at radius 3 is 2.32 bits per heavy atom. The van der Waals surface area contributed by atoms with Crippen molar-refractivity contribution in [3.8, 4) is 11.5 Å². The Kier molecular flexibility index (Phi) is 7.23. The zero-order valence-corrected chi connectivity index (χ0v) is 19.9. The summed E-state index contributed by atoms with van der Waals surface area (Å²) >= 11 is 13.3. The summed E-state index contributed by atoms with van der Waals surface area (Å²) < 4.78 is 50.3. The molecule has 178 valence electrons. The largest absolute Gasteiger partial charge is 0.489 e. The first-order valence-electron chi connectivity index (χ1n) is 10.1. The van der Waals surface area contributed by atoms with Crippen LogP contribution < -0.4 is 4.74 Å². The lowest BCUT2D eigenvalue weighted by Crippen LogP contribution is -2.06. The van der Waals surface area contributed by atoms with Crippen LogP contribution in [0.25, 0.3) is 0 Å². The van der Waals surface area contributed by atoms with Gasteiger partial charge in [-0.15, -0.1) is 11.3 Å². The third kappa shape index (κ3) is 5.75. The van der Waals surface area contributed by atoms with Gasteiger partial charge >= 0.3 is 6.18 Å². The molecule has 1 saturated carbocycles. The van der Waals surface area contributed by atoms with E-state index in [0.717, 1.165) is 36.1 Å². The van der Waals surface area contributed by atoms with Crippen LogP contribution in [0.4, 0.5) is 13.2 Å². The number of aliphatic hydroxyl groups is 1. The number of aliphatic hydroxyl groups excluding tert-OH is 1. The maximum atomic E-state index is 12.9. The minimum atomic E-state index is -4.57. The molecule has 1 unspecified atom stereocenters. The van der Waals surface area contributed by atoms with Crippen molar-refractivity contribution in [2.75, 3.05) is 0 Å². The Bertz CT molecular complexity index is 1200. The molecule has 1 atom stereocenters. The van der Waals surface area contributed by atoms with E-state index in [4.69, 9.17) is 32.7 Å². The van der Waals surface area contributed by atoms with Gasteiger partial charge in [-0.05, 0) is 48.2 Å². The zero-order valence-electron chi connectivity index (χ0n) is 17.5. The fourth-order valence-corrected chi connectivity index (χ4v) is 4.32. The molecule has 0 saturated heterocycles. The number of aromatic nitrogens is 1. The molecule has 4 rings (SSSR count). The van der Waals surface area contributed by atoms with Crippen LogP contribution >= 0.6 is 34.5 Å². The monoisotopic (exact) mass is 527 g/mol. The standard InChI is InChI=1S/C24H18Cl2F3NO3S/c1-13(20(31)23-30-8-9-34-23)21(15-4-5-15)32-12-14-2-6-17(7-3-14)33-22-18(25)10-16(11-19(22)26)24(27,28)29/h2-3,6-11,20,31H,1,4-5,12H2. The average Bonchev–Trinajstić information content (AvgIpc) is 3.48. The summed E-state index contributed by atoms with van der Waals surface area (Å²) in [5.74, 6) is 0.872. The molecule has 3 aromatic rings. The van der Waals surface area contributed by atoms with E-state index in [1.807, 2.05) is 0 Å². The van der Waals surface area contributed by atoms with Gasteiger partial charge in [-0.2, -0.15) is 13.2 Å². The summed E-state index contributed by atoms with van der Waals surface area (Å²) in [5.41, 5.74) is 1.41. The van der Waals surface area contributed by atoms with Crippen molar-refractivity contribution < 1.29 is 27.8 Å². The number of benzene rings is 2. The van der Waals surface area contributed by atoms with Crippen LogP contribution in [0, 0.1) is 0 Å². The third-order valence-corrected chi connectivity index (χ3v) is 6.37. The Labute approximate surface area is 207 Å². The number of ether oxygens (including phenoxy) is 2. The quantitative estimate of drug-likeness (QED) is 0.300. The molecular formula is C24H18Cl2F3NO3S. The second-order valence-corrected chi connectivity index (χ2v) is 9.27. The second kappa shape index (κ2) is 10.00. The van der Waals surface area contributed by atoms with Crippen LogP contribution in [0.3, 0.4) is 0 Å². The first-order valence-corrected chi connectivity index (χ1v) is 11.7. The van der Waals surface area contributed by atoms with Gasteiger partial charge in [0.1, 0.15) is 29.2 Å². The molecule has 1 N–H and O–H groups in total. The molecule has 0 aliphatic heterocycles. The Balaban J connectivity index is 1.42. The number of hydrogen-bond acceptors (Lipinski definition) is 5. The molecule has 1 aliphatic carbocycles. The molecule has 0 amide bonds. The zero-order chi connectivity index (χ0) is 24.5. The summed E-state index contributed by atoms with van der Waals surface area (Å²) in [5, 5.41) is 12.4. The number of rotatable bonds is 8. The topological polar surface area (TPSA) is 51.6 Å². The third-order valence-electron chi connectivity index (χ3n) is 4.98. The van der Waals surface area contributed by atoms with E-state index in [2.05, 4.69) is 11.6 Å². The Hall–Kier alpha value is -2.52. The van der Waals surface area contributed by atoms with Crippen LogP contribution in [0.5, 0.6) is 11.5 Å². The predicted octanol–water partition coefficient (Wildman–Crippen LogP) is 8.12. The minimum Gasteiger partial charge on any atom is -0.489 e. The van der Waals surface area contributed by atoms with Crippen molar-refractivity contribution in [1.29, 1.82) is 0 Å². The van der Waals surface area contributed by atoms with E-state index >= 15 is 0 Å². The van der Waals surface area contributed by atoms with Gasteiger partial charge in [0.15, 0.2) is 5.75 Å². The average molecular weight is 528 g/mol. The van der Waals surface area contributed by atoms with Crippen molar-refractivity contribution in [2.45, 2.75) is 31.7 Å². The first kappa shape index (κ1) is 24.6. The smallest absolute Gasteiger partial charge is 0.416 e. The van der Waals surface area contributed by atoms with Crippen molar-refractivity contribution in [3.05, 3.63) is 97.6 Å². The Morgan fingerprint density at radius 2 is 1.79 bits per heavy atom. The molecule has 0 radical (unpaired) electrons. The van der Waals surface area contributed by atoms with Gasteiger partial charge in [-0.3, -0.25) is 0 Å². The molecule has 34 heavy (non-hydrogen) atoms. The number of alkyl halides is 3. The maximum absolute atomic E-state index is 12.9. The van der Waals surface area contributed by atoms with Gasteiger partial charge in [0, 0.05) is 17.2 Å². The van der Waals surface area contributed by atoms with E-state index in [0.29, 0.717) is 22.1 Å². The van der Waals surface area contributed by atoms with E-state index in [1.165, 1.54) is 11.3 Å². The summed E-state index contributed by atoms with van der Waals surface area (Å²) in [6.07, 6.45) is -2.10. The number of hydrogen-bond donors (Lipinski definition) is 1. The van der Waals surface area contributed by atoms with Gasteiger partial charge in [-0.1, -0.05) is 41.9 Å². The SMILES string of the molecule is C=C(C(OCc1ccc(Oc2c(Cl)cc(C(F)(F)F)cc2Cl)cc1)=C1CC1)C(O)c1nccs1. The lowest BCUT2D eigenvalue weighted by Gasteiger charge is -2.17. The van der Waals surface area contributed by atoms with E-state index in [9.17, 15) is 18.3 Å². The summed E-state index contributed by atoms with van der Waals surface area (Å²) in [6.45, 7) is 4.23. The summed E-state index contributed by atoms with van der Waals surface area (Å²) in [4.78, 5) is 4.13. The number of thiazole rings is 1. The second-order valence-electron chi connectivity index (χ2n) is 7.53. The van der Waals surface area contributed by atoms with E-state index in [1.54, 1.807) is 35.8 Å². The number of nitrogens with zero attached hydrogens (tertiary/aromatic N) is 1. The van der Waals surface area contributed by atoms with Crippen LogP contribution in [-0.2, 0) is 17.5 Å².